The van der Waals surface area contributed by atoms with E-state index in [4.69, 9.17) is 0 Å². The van der Waals surface area contributed by atoms with Crippen LogP contribution in [0, 0.1) is 5.41 Å². The summed E-state index contributed by atoms with van der Waals surface area (Å²) < 4.78 is 0. The Morgan fingerprint density at radius 1 is 1.17 bits per heavy atom. The number of nitrogens with zero attached hydrogens (tertiary/aromatic N) is 3. The molecule has 2 aliphatic rings. The first-order chi connectivity index (χ1) is 11.8. The number of guanidine groups is 1. The van der Waals surface area contributed by atoms with Gasteiger partial charge in [0.2, 0.25) is 0 Å². The van der Waals surface area contributed by atoms with E-state index in [1.165, 1.54) is 57.9 Å². The van der Waals surface area contributed by atoms with E-state index in [2.05, 4.69) is 32.3 Å². The minimum Gasteiger partial charge on any atom is -0.356 e. The second kappa shape index (κ2) is 8.50. The summed E-state index contributed by atoms with van der Waals surface area (Å²) >= 11 is 0. The summed E-state index contributed by atoms with van der Waals surface area (Å²) in [6.07, 6.45) is 14.0. The van der Waals surface area contributed by atoms with Gasteiger partial charge in [-0.05, 0) is 43.2 Å². The maximum absolute atomic E-state index is 4.56. The van der Waals surface area contributed by atoms with Crippen molar-refractivity contribution in [3.05, 3.63) is 30.1 Å². The fourth-order valence-electron chi connectivity index (χ4n) is 4.46. The van der Waals surface area contributed by atoms with Crippen molar-refractivity contribution in [2.24, 2.45) is 10.4 Å². The lowest BCUT2D eigenvalue weighted by Gasteiger charge is -2.44. The van der Waals surface area contributed by atoms with Crippen LogP contribution in [-0.4, -0.2) is 42.5 Å². The molecule has 4 heteroatoms. The van der Waals surface area contributed by atoms with E-state index >= 15 is 0 Å². The molecule has 0 unspecified atom stereocenters. The molecule has 2 fully saturated rings. The molecule has 4 nitrogen and oxygen atoms in total. The Morgan fingerprint density at radius 2 is 1.96 bits per heavy atom. The molecule has 1 aliphatic carbocycles. The molecule has 24 heavy (non-hydrogen) atoms. The lowest BCUT2D eigenvalue weighted by atomic mass is 9.74. The predicted octanol–water partition coefficient (Wildman–Crippen LogP) is 3.64. The van der Waals surface area contributed by atoms with Crippen LogP contribution in [0.1, 0.15) is 57.1 Å². The third-order valence-corrected chi connectivity index (χ3v) is 5.73. The van der Waals surface area contributed by atoms with Crippen LogP contribution < -0.4 is 5.32 Å². The molecule has 3 rings (SSSR count). The average molecular weight is 329 g/mol. The van der Waals surface area contributed by atoms with Crippen LogP contribution >= 0.6 is 0 Å². The molecule has 1 saturated carbocycles. The Kier molecular flexibility index (Phi) is 6.11. The summed E-state index contributed by atoms with van der Waals surface area (Å²) in [5.74, 6) is 1.08. The van der Waals surface area contributed by atoms with Crippen LogP contribution in [0.4, 0.5) is 0 Å². The van der Waals surface area contributed by atoms with Gasteiger partial charge in [-0.3, -0.25) is 9.98 Å². The molecule has 1 aromatic rings. The minimum atomic E-state index is 0.549. The molecule has 2 heterocycles. The van der Waals surface area contributed by atoms with E-state index in [1.54, 1.807) is 0 Å². The lowest BCUT2D eigenvalue weighted by Crippen LogP contribution is -2.50. The van der Waals surface area contributed by atoms with Gasteiger partial charge in [0.25, 0.3) is 0 Å². The quantitative estimate of drug-likeness (QED) is 0.680. The van der Waals surface area contributed by atoms with Crippen LogP contribution in [0.3, 0.4) is 0 Å². The van der Waals surface area contributed by atoms with Crippen molar-refractivity contribution < 1.29 is 0 Å². The van der Waals surface area contributed by atoms with E-state index in [9.17, 15) is 0 Å². The van der Waals surface area contributed by atoms with Gasteiger partial charge in [-0.15, -0.1) is 0 Å². The zero-order valence-corrected chi connectivity index (χ0v) is 15.1. The fraction of sp³-hybridized carbons (Fsp3) is 0.700. The van der Waals surface area contributed by atoms with Gasteiger partial charge >= 0.3 is 0 Å². The summed E-state index contributed by atoms with van der Waals surface area (Å²) in [5.41, 5.74) is 1.69. The molecule has 0 bridgehead atoms. The Balaban J connectivity index is 1.54. The molecule has 0 aromatic carbocycles. The van der Waals surface area contributed by atoms with E-state index < -0.39 is 0 Å². The Bertz CT molecular complexity index is 518. The number of pyridine rings is 1. The summed E-state index contributed by atoms with van der Waals surface area (Å²) in [7, 11) is 1.91. The van der Waals surface area contributed by atoms with Gasteiger partial charge < -0.3 is 10.2 Å². The number of rotatable bonds is 3. The van der Waals surface area contributed by atoms with Crippen LogP contribution in [-0.2, 0) is 6.42 Å². The van der Waals surface area contributed by atoms with E-state index in [1.807, 2.05) is 19.3 Å². The molecule has 1 spiro atoms. The smallest absolute Gasteiger partial charge is 0.193 e. The van der Waals surface area contributed by atoms with Crippen molar-refractivity contribution in [3.8, 4) is 0 Å². The molecule has 1 saturated heterocycles. The fourth-order valence-corrected chi connectivity index (χ4v) is 4.46. The van der Waals surface area contributed by atoms with E-state index in [0.717, 1.165) is 31.2 Å². The SMILES string of the molecule is CN=C(NCCc1ccccn1)N1CCCC2(CCCCCC2)C1. The maximum Gasteiger partial charge on any atom is 0.193 e. The molecular weight excluding hydrogens is 296 g/mol. The zero-order valence-electron chi connectivity index (χ0n) is 15.1. The summed E-state index contributed by atoms with van der Waals surface area (Å²) in [5, 5.41) is 3.56. The maximum atomic E-state index is 4.56. The Hall–Kier alpha value is -1.58. The van der Waals surface area contributed by atoms with Crippen molar-refractivity contribution in [1.29, 1.82) is 0 Å². The second-order valence-corrected chi connectivity index (χ2v) is 7.48. The monoisotopic (exact) mass is 328 g/mol. The standard InChI is InChI=1S/C20H32N4/c1-21-19(23-15-10-18-9-4-7-14-22-18)24-16-8-13-20(17-24)11-5-2-3-6-12-20/h4,7,9,14H,2-3,5-6,8,10-13,15-17H2,1H3,(H,21,23). The number of hydrogen-bond donors (Lipinski definition) is 1. The first-order valence-corrected chi connectivity index (χ1v) is 9.67. The van der Waals surface area contributed by atoms with Crippen LogP contribution in [0.5, 0.6) is 0 Å². The highest BCUT2D eigenvalue weighted by Crippen LogP contribution is 2.42. The van der Waals surface area contributed by atoms with Crippen LogP contribution in [0.25, 0.3) is 0 Å². The topological polar surface area (TPSA) is 40.5 Å². The van der Waals surface area contributed by atoms with Crippen molar-refractivity contribution in [2.75, 3.05) is 26.7 Å². The van der Waals surface area contributed by atoms with Crippen molar-refractivity contribution in [1.82, 2.24) is 15.2 Å². The normalized spacial score (nSPS) is 21.5. The summed E-state index contributed by atoms with van der Waals surface area (Å²) in [6.45, 7) is 3.23. The predicted molar refractivity (Wildman–Crippen MR) is 100 cm³/mol. The highest BCUT2D eigenvalue weighted by atomic mass is 15.3. The van der Waals surface area contributed by atoms with E-state index in [-0.39, 0.29) is 0 Å². The molecule has 1 aliphatic heterocycles. The van der Waals surface area contributed by atoms with Gasteiger partial charge in [-0.1, -0.05) is 31.7 Å². The number of aliphatic imine (C=N–C) groups is 1. The molecule has 1 N–H and O–H groups in total. The van der Waals surface area contributed by atoms with Crippen LogP contribution in [0.2, 0.25) is 0 Å². The number of piperidine rings is 1. The van der Waals surface area contributed by atoms with Gasteiger partial charge in [0.05, 0.1) is 0 Å². The number of likely N-dealkylation sites (tertiary alicyclic amines) is 1. The molecule has 0 atom stereocenters. The number of hydrogen-bond acceptors (Lipinski definition) is 2. The highest BCUT2D eigenvalue weighted by Gasteiger charge is 2.36. The molecule has 0 amide bonds. The molecule has 132 valence electrons. The number of aromatic nitrogens is 1. The molecule has 0 radical (unpaired) electrons. The first-order valence-electron chi connectivity index (χ1n) is 9.67. The third kappa shape index (κ3) is 4.49. The van der Waals surface area contributed by atoms with E-state index in [0.29, 0.717) is 5.41 Å². The van der Waals surface area contributed by atoms with Crippen molar-refractivity contribution in [2.45, 2.75) is 57.8 Å². The lowest BCUT2D eigenvalue weighted by molar-refractivity contribution is 0.115. The van der Waals surface area contributed by atoms with Gasteiger partial charge in [-0.25, -0.2) is 0 Å². The summed E-state index contributed by atoms with van der Waals surface area (Å²) in [6, 6.07) is 6.11. The van der Waals surface area contributed by atoms with Crippen molar-refractivity contribution in [3.63, 3.8) is 0 Å². The van der Waals surface area contributed by atoms with Crippen molar-refractivity contribution >= 4 is 5.96 Å². The summed E-state index contributed by atoms with van der Waals surface area (Å²) in [4.78, 5) is 11.5. The average Bonchev–Trinajstić information content (AvgIpc) is 2.85. The molecular formula is C20H32N4. The zero-order chi connectivity index (χ0) is 16.7. The third-order valence-electron chi connectivity index (χ3n) is 5.73. The minimum absolute atomic E-state index is 0.549. The second-order valence-electron chi connectivity index (χ2n) is 7.48. The van der Waals surface area contributed by atoms with Gasteiger partial charge in [-0.2, -0.15) is 0 Å². The largest absolute Gasteiger partial charge is 0.356 e. The Morgan fingerprint density at radius 3 is 2.67 bits per heavy atom. The molecule has 1 aromatic heterocycles. The van der Waals surface area contributed by atoms with Crippen LogP contribution in [0.15, 0.2) is 29.4 Å². The van der Waals surface area contributed by atoms with Gasteiger partial charge in [0.15, 0.2) is 5.96 Å². The Labute approximate surface area is 146 Å². The van der Waals surface area contributed by atoms with Gasteiger partial charge in [0.1, 0.15) is 0 Å². The first kappa shape index (κ1) is 17.2. The highest BCUT2D eigenvalue weighted by molar-refractivity contribution is 5.80. The number of nitrogens with one attached hydrogen (secondary N) is 1. The van der Waals surface area contributed by atoms with Gasteiger partial charge in [0, 0.05) is 45.0 Å².